The lowest BCUT2D eigenvalue weighted by atomic mass is 10.0. The summed E-state index contributed by atoms with van der Waals surface area (Å²) in [6.45, 7) is 13.7. The molecule has 6 heteroatoms. The van der Waals surface area contributed by atoms with Crippen molar-refractivity contribution in [3.8, 4) is 11.5 Å². The molecule has 3 rings (SSSR count). The highest BCUT2D eigenvalue weighted by Gasteiger charge is 2.24. The molecule has 3 aromatic carbocycles. The van der Waals surface area contributed by atoms with Gasteiger partial charge in [-0.3, -0.25) is 0 Å². The van der Waals surface area contributed by atoms with Crippen LogP contribution in [-0.2, 0) is 0 Å². The quantitative estimate of drug-likeness (QED) is 0.281. The molecule has 0 unspecified atom stereocenters. The van der Waals surface area contributed by atoms with E-state index >= 15 is 0 Å². The molecule has 0 fully saturated rings. The first-order chi connectivity index (χ1) is 13.0. The fourth-order valence-corrected chi connectivity index (χ4v) is 4.66. The zero-order chi connectivity index (χ0) is 20.7. The summed E-state index contributed by atoms with van der Waals surface area (Å²) < 4.78 is 12.8. The zero-order valence-corrected chi connectivity index (χ0v) is 21.0. The van der Waals surface area contributed by atoms with Crippen LogP contribution in [0.25, 0.3) is 21.5 Å². The first-order valence-electron chi connectivity index (χ1n) is 9.56. The largest absolute Gasteiger partial charge is 0.496 e. The van der Waals surface area contributed by atoms with Crippen molar-refractivity contribution in [2.45, 2.75) is 39.3 Å². The third-order valence-corrected chi connectivity index (χ3v) is 6.92. The Balaban J connectivity index is 2.35. The Morgan fingerprint density at radius 3 is 1.32 bits per heavy atom. The number of halogens is 2. The van der Waals surface area contributed by atoms with E-state index in [0.29, 0.717) is 22.5 Å². The maximum absolute atomic E-state index is 6.67. The zero-order valence-electron chi connectivity index (χ0n) is 17.5. The van der Waals surface area contributed by atoms with E-state index in [-0.39, 0.29) is 0 Å². The molecule has 0 aliphatic rings. The Labute approximate surface area is 179 Å². The van der Waals surface area contributed by atoms with Crippen LogP contribution in [0.5, 0.6) is 11.5 Å². The van der Waals surface area contributed by atoms with E-state index in [1.165, 1.54) is 0 Å². The van der Waals surface area contributed by atoms with Gasteiger partial charge in [-0.05, 0) is 12.1 Å². The fourth-order valence-electron chi connectivity index (χ4n) is 3.02. The van der Waals surface area contributed by atoms with Crippen LogP contribution < -0.4 is 9.47 Å². The van der Waals surface area contributed by atoms with Gasteiger partial charge in [-0.1, -0.05) is 86.7 Å². The van der Waals surface area contributed by atoms with Crippen molar-refractivity contribution in [3.63, 3.8) is 0 Å². The fraction of sp³-hybridized carbons (Fsp3) is 0.364. The maximum atomic E-state index is 6.67. The van der Waals surface area contributed by atoms with E-state index < -0.39 is 16.1 Å². The summed E-state index contributed by atoms with van der Waals surface area (Å²) in [4.78, 5) is 0. The molecule has 0 atom stereocenters. The highest BCUT2D eigenvalue weighted by Crippen LogP contribution is 2.48. The molecule has 0 N–H and O–H groups in total. The average molecular weight is 452 g/mol. The van der Waals surface area contributed by atoms with Gasteiger partial charge in [-0.15, -0.1) is 0 Å². The molecule has 0 spiro atoms. The second kappa shape index (κ2) is 7.90. The molecule has 0 aromatic heterocycles. The molecular formula is C22H28Cl2O2Si2. The third-order valence-electron chi connectivity index (χ3n) is 4.27. The number of rotatable bonds is 6. The molecular weight excluding hydrogens is 423 g/mol. The topological polar surface area (TPSA) is 18.5 Å². The Kier molecular flexibility index (Phi) is 6.07. The van der Waals surface area contributed by atoms with Gasteiger partial charge in [0, 0.05) is 21.5 Å². The van der Waals surface area contributed by atoms with Crippen LogP contribution in [0, 0.1) is 0 Å². The van der Waals surface area contributed by atoms with Crippen molar-refractivity contribution in [1.29, 1.82) is 0 Å². The summed E-state index contributed by atoms with van der Waals surface area (Å²) in [5.41, 5.74) is 0. The summed E-state index contributed by atoms with van der Waals surface area (Å²) in [6, 6.07) is 11.9. The van der Waals surface area contributed by atoms with Crippen LogP contribution in [0.4, 0.5) is 0 Å². The monoisotopic (exact) mass is 450 g/mol. The average Bonchev–Trinajstić information content (AvgIpc) is 2.59. The van der Waals surface area contributed by atoms with Crippen LogP contribution in [0.2, 0.25) is 49.3 Å². The van der Waals surface area contributed by atoms with Crippen molar-refractivity contribution in [2.75, 3.05) is 12.5 Å². The summed E-state index contributed by atoms with van der Waals surface area (Å²) in [6.07, 6.45) is 1.42. The Hall–Kier alpha value is -1.21. The molecule has 28 heavy (non-hydrogen) atoms. The molecule has 0 radical (unpaired) electrons. The molecule has 0 amide bonds. The van der Waals surface area contributed by atoms with Gasteiger partial charge >= 0.3 is 0 Å². The van der Waals surface area contributed by atoms with Crippen LogP contribution in [0.3, 0.4) is 0 Å². The molecule has 0 aliphatic heterocycles. The standard InChI is InChI=1S/C22H28Cl2O2Si2/c1-27(2,3)13-25-21-15-9-7-8-10-16(15)22(26-14-28(4,5)6)20-18(24)12-11-17(23)19(20)21/h7-12H,13-14H2,1-6H3. The van der Waals surface area contributed by atoms with Crippen molar-refractivity contribution in [3.05, 3.63) is 46.4 Å². The van der Waals surface area contributed by atoms with E-state index in [4.69, 9.17) is 32.7 Å². The summed E-state index contributed by atoms with van der Waals surface area (Å²) in [7, 11) is -2.85. The minimum absolute atomic E-state index is 0.633. The summed E-state index contributed by atoms with van der Waals surface area (Å²) >= 11 is 13.3. The first kappa shape index (κ1) is 21.5. The van der Waals surface area contributed by atoms with Crippen LogP contribution in [0.1, 0.15) is 0 Å². The predicted molar refractivity (Wildman–Crippen MR) is 129 cm³/mol. The molecule has 2 nitrogen and oxygen atoms in total. The lowest BCUT2D eigenvalue weighted by Gasteiger charge is -2.24. The van der Waals surface area contributed by atoms with Gasteiger partial charge in [0.2, 0.25) is 0 Å². The van der Waals surface area contributed by atoms with Gasteiger partial charge in [0.1, 0.15) is 11.5 Å². The van der Waals surface area contributed by atoms with Gasteiger partial charge in [0.05, 0.1) is 38.7 Å². The van der Waals surface area contributed by atoms with Gasteiger partial charge < -0.3 is 9.47 Å². The second-order valence-corrected chi connectivity index (χ2v) is 21.3. The molecule has 0 heterocycles. The Morgan fingerprint density at radius 1 is 0.643 bits per heavy atom. The first-order valence-corrected chi connectivity index (χ1v) is 17.7. The van der Waals surface area contributed by atoms with Crippen molar-refractivity contribution in [1.82, 2.24) is 0 Å². The molecule has 3 aromatic rings. The van der Waals surface area contributed by atoms with Gasteiger partial charge in [-0.25, -0.2) is 0 Å². The SMILES string of the molecule is C[Si](C)(C)COc1c2ccccc2c(OC[Si](C)(C)C)c2c(Cl)ccc(Cl)c12. The van der Waals surface area contributed by atoms with E-state index in [9.17, 15) is 0 Å². The number of ether oxygens (including phenoxy) is 2. The number of hydrogen-bond donors (Lipinski definition) is 0. The number of hydrogen-bond acceptors (Lipinski definition) is 2. The minimum Gasteiger partial charge on any atom is -0.496 e. The number of fused-ring (bicyclic) bond motifs is 2. The van der Waals surface area contributed by atoms with E-state index in [1.54, 1.807) is 0 Å². The highest BCUT2D eigenvalue weighted by atomic mass is 35.5. The predicted octanol–water partition coefficient (Wildman–Crippen LogP) is 7.81. The molecule has 0 saturated heterocycles. The number of benzene rings is 3. The Morgan fingerprint density at radius 2 is 1.00 bits per heavy atom. The molecule has 0 aliphatic carbocycles. The maximum Gasteiger partial charge on any atom is 0.136 e. The lowest BCUT2D eigenvalue weighted by molar-refractivity contribution is 0.380. The molecule has 0 saturated carbocycles. The summed E-state index contributed by atoms with van der Waals surface area (Å²) in [5.74, 6) is 1.61. The molecule has 0 bridgehead atoms. The van der Waals surface area contributed by atoms with Crippen molar-refractivity contribution in [2.24, 2.45) is 0 Å². The minimum atomic E-state index is -1.42. The van der Waals surface area contributed by atoms with Crippen molar-refractivity contribution < 1.29 is 9.47 Å². The van der Waals surface area contributed by atoms with Crippen molar-refractivity contribution >= 4 is 60.9 Å². The van der Waals surface area contributed by atoms with Gasteiger partial charge in [-0.2, -0.15) is 0 Å². The summed E-state index contributed by atoms with van der Waals surface area (Å²) in [5, 5.41) is 4.99. The van der Waals surface area contributed by atoms with Gasteiger partial charge in [0.15, 0.2) is 0 Å². The van der Waals surface area contributed by atoms with E-state index in [2.05, 4.69) is 51.4 Å². The van der Waals surface area contributed by atoms with E-state index in [0.717, 1.165) is 33.0 Å². The third kappa shape index (κ3) is 4.68. The lowest BCUT2D eigenvalue weighted by Crippen LogP contribution is -2.30. The van der Waals surface area contributed by atoms with Crippen LogP contribution in [0.15, 0.2) is 36.4 Å². The normalized spacial score (nSPS) is 12.6. The van der Waals surface area contributed by atoms with Crippen LogP contribution in [-0.4, -0.2) is 28.6 Å². The second-order valence-electron chi connectivity index (χ2n) is 9.68. The molecule has 150 valence electrons. The van der Waals surface area contributed by atoms with E-state index in [1.807, 2.05) is 24.3 Å². The Bertz CT molecular complexity index is 939. The van der Waals surface area contributed by atoms with Gasteiger partial charge in [0.25, 0.3) is 0 Å². The highest BCUT2D eigenvalue weighted by molar-refractivity contribution is 6.76. The smallest absolute Gasteiger partial charge is 0.136 e. The van der Waals surface area contributed by atoms with Crippen LogP contribution >= 0.6 is 23.2 Å².